The van der Waals surface area contributed by atoms with Crippen molar-refractivity contribution in [1.29, 1.82) is 0 Å². The zero-order valence-electron chi connectivity index (χ0n) is 14.5. The number of benzene rings is 2. The van der Waals surface area contributed by atoms with Crippen LogP contribution in [0, 0.1) is 11.6 Å². The van der Waals surface area contributed by atoms with E-state index in [0.717, 1.165) is 16.4 Å². The molecule has 0 aliphatic rings. The molecule has 2 N–H and O–H groups in total. The van der Waals surface area contributed by atoms with Crippen LogP contribution in [-0.4, -0.2) is 38.1 Å². The number of hydrogen-bond acceptors (Lipinski definition) is 4. The summed E-state index contributed by atoms with van der Waals surface area (Å²) in [6.45, 7) is 0.744. The number of amides is 2. The third kappa shape index (κ3) is 5.31. The van der Waals surface area contributed by atoms with E-state index in [0.29, 0.717) is 11.8 Å². The number of likely N-dealkylation sites (N-methyl/N-ethyl adjacent to an activating group) is 1. The third-order valence-corrected chi connectivity index (χ3v) is 5.27. The van der Waals surface area contributed by atoms with Crippen LogP contribution in [0.3, 0.4) is 0 Å². The molecule has 0 saturated carbocycles. The van der Waals surface area contributed by atoms with Crippen LogP contribution in [0.1, 0.15) is 6.92 Å². The van der Waals surface area contributed by atoms with Gasteiger partial charge in [0.2, 0.25) is 21.8 Å². The number of nitrogens with one attached hydrogen (secondary N) is 2. The van der Waals surface area contributed by atoms with Crippen molar-refractivity contribution in [2.24, 2.45) is 0 Å². The molecule has 2 aromatic rings. The lowest BCUT2D eigenvalue weighted by Crippen LogP contribution is -2.35. The first-order valence-electron chi connectivity index (χ1n) is 7.68. The summed E-state index contributed by atoms with van der Waals surface area (Å²) >= 11 is 0. The van der Waals surface area contributed by atoms with E-state index >= 15 is 0 Å². The molecule has 27 heavy (non-hydrogen) atoms. The molecule has 0 bridgehead atoms. The molecule has 0 atom stereocenters. The van der Waals surface area contributed by atoms with E-state index in [1.165, 1.54) is 38.2 Å². The third-order valence-electron chi connectivity index (χ3n) is 3.45. The Morgan fingerprint density at radius 3 is 2.22 bits per heavy atom. The van der Waals surface area contributed by atoms with Gasteiger partial charge in [-0.1, -0.05) is 0 Å². The Balaban J connectivity index is 2.07. The summed E-state index contributed by atoms with van der Waals surface area (Å²) in [5, 5.41) is 4.70. The minimum atomic E-state index is -3.98. The minimum absolute atomic E-state index is 0.0835. The molecule has 7 nitrogen and oxygen atoms in total. The summed E-state index contributed by atoms with van der Waals surface area (Å²) in [7, 11) is -2.79. The standard InChI is InChI=1S/C17H17F2N3O4S/c1-11(23)20-13-4-6-14(7-5-13)27(25,26)22(2)10-17(24)21-16-8-3-12(18)9-15(16)19/h3-9H,10H2,1-2H3,(H,20,23)(H,21,24). The molecular weight excluding hydrogens is 380 g/mol. The summed E-state index contributed by atoms with van der Waals surface area (Å²) in [6, 6.07) is 8.01. The highest BCUT2D eigenvalue weighted by molar-refractivity contribution is 7.89. The SMILES string of the molecule is CC(=O)Nc1ccc(S(=O)(=O)N(C)CC(=O)Nc2ccc(F)cc2F)cc1. The van der Waals surface area contributed by atoms with Gasteiger partial charge in [-0.2, -0.15) is 4.31 Å². The Morgan fingerprint density at radius 2 is 1.67 bits per heavy atom. The normalized spacial score (nSPS) is 11.3. The Labute approximate surface area is 155 Å². The van der Waals surface area contributed by atoms with Crippen LogP contribution in [0.4, 0.5) is 20.2 Å². The zero-order chi connectivity index (χ0) is 20.2. The molecule has 2 rings (SSSR count). The molecule has 10 heteroatoms. The summed E-state index contributed by atoms with van der Waals surface area (Å²) in [4.78, 5) is 22.9. The van der Waals surface area contributed by atoms with Crippen molar-refractivity contribution in [3.63, 3.8) is 0 Å². The van der Waals surface area contributed by atoms with E-state index in [4.69, 9.17) is 0 Å². The molecule has 0 saturated heterocycles. The minimum Gasteiger partial charge on any atom is -0.326 e. The van der Waals surface area contributed by atoms with Gasteiger partial charge in [0, 0.05) is 25.7 Å². The molecule has 2 aromatic carbocycles. The predicted molar refractivity (Wildman–Crippen MR) is 95.5 cm³/mol. The van der Waals surface area contributed by atoms with Gasteiger partial charge in [-0.15, -0.1) is 0 Å². The fraction of sp³-hybridized carbons (Fsp3) is 0.176. The molecule has 0 aliphatic heterocycles. The first-order valence-corrected chi connectivity index (χ1v) is 9.12. The number of halogens is 2. The van der Waals surface area contributed by atoms with Crippen LogP contribution in [-0.2, 0) is 19.6 Å². The topological polar surface area (TPSA) is 95.6 Å². The van der Waals surface area contributed by atoms with E-state index in [9.17, 15) is 26.8 Å². The lowest BCUT2D eigenvalue weighted by molar-refractivity contribution is -0.116. The first kappa shape index (κ1) is 20.5. The van der Waals surface area contributed by atoms with Crippen LogP contribution >= 0.6 is 0 Å². The van der Waals surface area contributed by atoms with Crippen molar-refractivity contribution in [2.45, 2.75) is 11.8 Å². The quantitative estimate of drug-likeness (QED) is 0.781. The molecule has 0 radical (unpaired) electrons. The molecule has 0 fully saturated rings. The lowest BCUT2D eigenvalue weighted by atomic mass is 10.3. The fourth-order valence-electron chi connectivity index (χ4n) is 2.16. The van der Waals surface area contributed by atoms with Gasteiger partial charge in [-0.25, -0.2) is 17.2 Å². The molecule has 0 aromatic heterocycles. The summed E-state index contributed by atoms with van der Waals surface area (Å²) in [5.41, 5.74) is 0.167. The van der Waals surface area contributed by atoms with Crippen molar-refractivity contribution in [1.82, 2.24) is 4.31 Å². The highest BCUT2D eigenvalue weighted by atomic mass is 32.2. The summed E-state index contributed by atoms with van der Waals surface area (Å²) in [6.07, 6.45) is 0. The van der Waals surface area contributed by atoms with Gasteiger partial charge in [0.25, 0.3) is 0 Å². The van der Waals surface area contributed by atoms with Gasteiger partial charge in [-0.3, -0.25) is 9.59 Å². The van der Waals surface area contributed by atoms with Crippen LogP contribution < -0.4 is 10.6 Å². The number of rotatable bonds is 6. The maximum Gasteiger partial charge on any atom is 0.243 e. The van der Waals surface area contributed by atoms with E-state index < -0.39 is 34.1 Å². The van der Waals surface area contributed by atoms with Gasteiger partial charge >= 0.3 is 0 Å². The van der Waals surface area contributed by atoms with E-state index in [1.807, 2.05) is 0 Å². The molecular formula is C17H17F2N3O4S. The largest absolute Gasteiger partial charge is 0.326 e. The second kappa shape index (κ2) is 8.23. The van der Waals surface area contributed by atoms with E-state index in [-0.39, 0.29) is 16.5 Å². The monoisotopic (exact) mass is 397 g/mol. The molecule has 2 amide bonds. The van der Waals surface area contributed by atoms with Gasteiger partial charge < -0.3 is 10.6 Å². The lowest BCUT2D eigenvalue weighted by Gasteiger charge is -2.17. The summed E-state index contributed by atoms with van der Waals surface area (Å²) < 4.78 is 52.2. The molecule has 0 spiro atoms. The number of carbonyl (C=O) groups is 2. The molecule has 0 heterocycles. The van der Waals surface area contributed by atoms with Crippen molar-refractivity contribution in [3.8, 4) is 0 Å². The van der Waals surface area contributed by atoms with E-state index in [2.05, 4.69) is 10.6 Å². The van der Waals surface area contributed by atoms with Gasteiger partial charge in [-0.05, 0) is 36.4 Å². The predicted octanol–water partition coefficient (Wildman–Crippen LogP) is 2.18. The Bertz CT molecular complexity index is 963. The van der Waals surface area contributed by atoms with Crippen LogP contribution in [0.15, 0.2) is 47.4 Å². The van der Waals surface area contributed by atoms with Crippen molar-refractivity contribution < 1.29 is 26.8 Å². The maximum absolute atomic E-state index is 13.6. The average molecular weight is 397 g/mol. The zero-order valence-corrected chi connectivity index (χ0v) is 15.3. The molecule has 144 valence electrons. The maximum atomic E-state index is 13.6. The molecule has 0 unspecified atom stereocenters. The van der Waals surface area contributed by atoms with Gasteiger partial charge in [0.1, 0.15) is 11.6 Å². The van der Waals surface area contributed by atoms with Crippen LogP contribution in [0.25, 0.3) is 0 Å². The Morgan fingerprint density at radius 1 is 1.04 bits per heavy atom. The Hall–Kier alpha value is -2.85. The number of sulfonamides is 1. The second-order valence-corrected chi connectivity index (χ2v) is 7.68. The van der Waals surface area contributed by atoms with Crippen LogP contribution in [0.2, 0.25) is 0 Å². The van der Waals surface area contributed by atoms with E-state index in [1.54, 1.807) is 0 Å². The highest BCUT2D eigenvalue weighted by Gasteiger charge is 2.23. The number of carbonyl (C=O) groups excluding carboxylic acids is 2. The van der Waals surface area contributed by atoms with Crippen molar-refractivity contribution in [2.75, 3.05) is 24.2 Å². The van der Waals surface area contributed by atoms with Crippen molar-refractivity contribution in [3.05, 3.63) is 54.1 Å². The van der Waals surface area contributed by atoms with Crippen LogP contribution in [0.5, 0.6) is 0 Å². The fourth-order valence-corrected chi connectivity index (χ4v) is 3.29. The van der Waals surface area contributed by atoms with Gasteiger partial charge in [0.15, 0.2) is 0 Å². The Kier molecular flexibility index (Phi) is 6.24. The number of hydrogen-bond donors (Lipinski definition) is 2. The first-order chi connectivity index (χ1) is 12.6. The number of nitrogens with zero attached hydrogens (tertiary/aromatic N) is 1. The smallest absolute Gasteiger partial charge is 0.243 e. The summed E-state index contributed by atoms with van der Waals surface area (Å²) in [5.74, 6) is -2.86. The van der Waals surface area contributed by atoms with Gasteiger partial charge in [0.05, 0.1) is 17.1 Å². The highest BCUT2D eigenvalue weighted by Crippen LogP contribution is 2.18. The number of anilines is 2. The average Bonchev–Trinajstić information content (AvgIpc) is 2.57. The van der Waals surface area contributed by atoms with Crippen molar-refractivity contribution >= 4 is 33.2 Å². The molecule has 0 aliphatic carbocycles. The second-order valence-electron chi connectivity index (χ2n) is 5.64.